The van der Waals surface area contributed by atoms with Crippen LogP contribution in [0.5, 0.6) is 0 Å². The number of carbonyl (C=O) groups excluding carboxylic acids is 1. The van der Waals surface area contributed by atoms with Crippen molar-refractivity contribution in [2.24, 2.45) is 27.3 Å². The van der Waals surface area contributed by atoms with Gasteiger partial charge in [-0.15, -0.1) is 5.10 Å². The Kier molecular flexibility index (Phi) is 8.34. The monoisotopic (exact) mass is 531 g/mol. The van der Waals surface area contributed by atoms with Gasteiger partial charge in [0.25, 0.3) is 0 Å². The van der Waals surface area contributed by atoms with Crippen molar-refractivity contribution < 1.29 is 4.79 Å². The van der Waals surface area contributed by atoms with Gasteiger partial charge in [-0.1, -0.05) is 100 Å². The fourth-order valence-electron chi connectivity index (χ4n) is 5.39. The number of rotatable bonds is 10. The van der Waals surface area contributed by atoms with Crippen LogP contribution in [-0.2, 0) is 11.2 Å². The molecule has 0 saturated heterocycles. The van der Waals surface area contributed by atoms with Gasteiger partial charge in [0.15, 0.2) is 0 Å². The maximum atomic E-state index is 13.6. The van der Waals surface area contributed by atoms with E-state index in [1.165, 1.54) is 0 Å². The molecule has 0 saturated carbocycles. The van der Waals surface area contributed by atoms with Crippen molar-refractivity contribution in [2.75, 3.05) is 29.9 Å². The highest BCUT2D eigenvalue weighted by Gasteiger charge is 2.19. The van der Waals surface area contributed by atoms with E-state index < -0.39 is 0 Å². The van der Waals surface area contributed by atoms with Gasteiger partial charge in [0, 0.05) is 18.7 Å². The van der Waals surface area contributed by atoms with Crippen molar-refractivity contribution in [3.05, 3.63) is 96.1 Å². The minimum absolute atomic E-state index is 0.0325. The summed E-state index contributed by atoms with van der Waals surface area (Å²) >= 11 is 0. The molecule has 6 nitrogen and oxygen atoms in total. The largest absolute Gasteiger partial charge is 0.369 e. The quantitative estimate of drug-likeness (QED) is 0.225. The van der Waals surface area contributed by atoms with Crippen molar-refractivity contribution in [2.45, 2.75) is 34.1 Å². The van der Waals surface area contributed by atoms with E-state index in [0.717, 1.165) is 63.2 Å². The lowest BCUT2D eigenvalue weighted by molar-refractivity contribution is -0.115. The minimum atomic E-state index is -0.0325. The molecule has 0 aliphatic carbocycles. The fraction of sp³-hybridized carbons (Fsp3) is 0.294. The molecular weight excluding hydrogens is 494 g/mol. The number of hydrogen-bond donors (Lipinski definition) is 1. The molecule has 0 radical (unpaired) electrons. The number of anilines is 2. The first-order chi connectivity index (χ1) is 19.4. The number of nitrogens with zero attached hydrogens (tertiary/aromatic N) is 4. The van der Waals surface area contributed by atoms with E-state index in [1.54, 1.807) is 0 Å². The van der Waals surface area contributed by atoms with Gasteiger partial charge in [-0.05, 0) is 56.7 Å². The summed E-state index contributed by atoms with van der Waals surface area (Å²) in [6.07, 6.45) is 0.301. The van der Waals surface area contributed by atoms with Gasteiger partial charge < -0.3 is 10.2 Å². The first kappa shape index (κ1) is 27.3. The zero-order valence-corrected chi connectivity index (χ0v) is 23.8. The lowest BCUT2D eigenvalue weighted by atomic mass is 9.95. The van der Waals surface area contributed by atoms with Crippen LogP contribution in [0.2, 0.25) is 0 Å². The number of nitrogens with one attached hydrogen (secondary N) is 1. The summed E-state index contributed by atoms with van der Waals surface area (Å²) in [6.45, 7) is 11.2. The van der Waals surface area contributed by atoms with Crippen LogP contribution in [0.3, 0.4) is 0 Å². The Morgan fingerprint density at radius 2 is 1.55 bits per heavy atom. The standard InChI is InChI=1S/C34H37N5O/c1-23(2)21-39(22-24(3)4)33-17-16-27(29-14-7-8-15-30(29)32-20-35-38-37-32)18-31(33)36-34(40)19-26-12-9-11-25-10-5-6-13-28(25)26/h5-18,23-24H,19-22H2,1-4H3,(H,36,40). The summed E-state index contributed by atoms with van der Waals surface area (Å²) in [6, 6.07) is 28.9. The van der Waals surface area contributed by atoms with E-state index >= 15 is 0 Å². The van der Waals surface area contributed by atoms with Gasteiger partial charge in [0.05, 0.1) is 23.5 Å². The Morgan fingerprint density at radius 1 is 0.850 bits per heavy atom. The molecule has 1 amide bonds. The average molecular weight is 532 g/mol. The maximum Gasteiger partial charge on any atom is 0.228 e. The molecule has 0 spiro atoms. The Hall–Kier alpha value is -4.32. The third-order valence-electron chi connectivity index (χ3n) is 7.01. The molecule has 1 N–H and O–H groups in total. The number of fused-ring (bicyclic) bond motifs is 1. The van der Waals surface area contributed by atoms with Gasteiger partial charge >= 0.3 is 0 Å². The van der Waals surface area contributed by atoms with Crippen LogP contribution < -0.4 is 10.2 Å². The molecular formula is C34H37N5O. The Morgan fingerprint density at radius 3 is 2.27 bits per heavy atom. The van der Waals surface area contributed by atoms with Crippen molar-refractivity contribution in [1.29, 1.82) is 0 Å². The van der Waals surface area contributed by atoms with Crippen LogP contribution in [0, 0.1) is 11.8 Å². The zero-order valence-electron chi connectivity index (χ0n) is 23.8. The second-order valence-electron chi connectivity index (χ2n) is 11.3. The number of hydrogen-bond acceptors (Lipinski definition) is 5. The minimum Gasteiger partial charge on any atom is -0.369 e. The Labute approximate surface area is 236 Å². The van der Waals surface area contributed by atoms with E-state index in [0.29, 0.717) is 24.8 Å². The predicted molar refractivity (Wildman–Crippen MR) is 166 cm³/mol. The highest BCUT2D eigenvalue weighted by Crippen LogP contribution is 2.35. The number of carbonyl (C=O) groups is 1. The lowest BCUT2D eigenvalue weighted by Gasteiger charge is -2.31. The molecule has 1 aliphatic heterocycles. The van der Waals surface area contributed by atoms with Crippen LogP contribution in [0.4, 0.5) is 11.4 Å². The Balaban J connectivity index is 1.53. The molecule has 1 heterocycles. The van der Waals surface area contributed by atoms with Crippen molar-refractivity contribution in [1.82, 2.24) is 0 Å². The van der Waals surface area contributed by atoms with E-state index in [-0.39, 0.29) is 5.91 Å². The molecule has 0 fully saturated rings. The van der Waals surface area contributed by atoms with E-state index in [2.05, 4.69) is 102 Å². The van der Waals surface area contributed by atoms with Crippen molar-refractivity contribution in [3.63, 3.8) is 0 Å². The van der Waals surface area contributed by atoms with Gasteiger partial charge in [0.2, 0.25) is 5.91 Å². The highest BCUT2D eigenvalue weighted by atomic mass is 16.1. The molecule has 4 aromatic rings. The van der Waals surface area contributed by atoms with Gasteiger partial charge in [-0.3, -0.25) is 4.79 Å². The molecule has 1 aliphatic rings. The number of benzene rings is 4. The van der Waals surface area contributed by atoms with Crippen LogP contribution in [0.15, 0.2) is 100 Å². The molecule has 5 rings (SSSR count). The molecule has 204 valence electrons. The fourth-order valence-corrected chi connectivity index (χ4v) is 5.39. The number of amides is 1. The van der Waals surface area contributed by atoms with E-state index in [1.807, 2.05) is 36.4 Å². The summed E-state index contributed by atoms with van der Waals surface area (Å²) in [5, 5.41) is 17.7. The summed E-state index contributed by atoms with van der Waals surface area (Å²) in [5.41, 5.74) is 6.80. The molecule has 0 atom stereocenters. The topological polar surface area (TPSA) is 69.4 Å². The SMILES string of the molecule is CC(C)CN(CC(C)C)c1ccc(-c2ccccc2C2=NN=NC2)cc1NC(=O)Cc1cccc2ccccc12. The third kappa shape index (κ3) is 6.28. The second kappa shape index (κ2) is 12.2. The Bertz CT molecular complexity index is 1550. The smallest absolute Gasteiger partial charge is 0.228 e. The van der Waals surface area contributed by atoms with Gasteiger partial charge in [-0.2, -0.15) is 5.11 Å². The zero-order chi connectivity index (χ0) is 28.1. The highest BCUT2D eigenvalue weighted by molar-refractivity contribution is 6.08. The maximum absolute atomic E-state index is 13.6. The first-order valence-electron chi connectivity index (χ1n) is 14.1. The summed E-state index contributed by atoms with van der Waals surface area (Å²) in [4.78, 5) is 16.0. The summed E-state index contributed by atoms with van der Waals surface area (Å²) in [7, 11) is 0. The molecule has 0 bridgehead atoms. The van der Waals surface area contributed by atoms with E-state index in [4.69, 9.17) is 0 Å². The molecule has 6 heteroatoms. The molecule has 4 aromatic carbocycles. The van der Waals surface area contributed by atoms with Gasteiger partial charge in [-0.25, -0.2) is 0 Å². The second-order valence-corrected chi connectivity index (χ2v) is 11.3. The van der Waals surface area contributed by atoms with Crippen LogP contribution >= 0.6 is 0 Å². The van der Waals surface area contributed by atoms with Crippen molar-refractivity contribution in [3.8, 4) is 11.1 Å². The molecule has 0 unspecified atom stereocenters. The third-order valence-corrected chi connectivity index (χ3v) is 7.01. The van der Waals surface area contributed by atoms with E-state index in [9.17, 15) is 4.79 Å². The predicted octanol–water partition coefficient (Wildman–Crippen LogP) is 7.98. The normalized spacial score (nSPS) is 12.8. The van der Waals surface area contributed by atoms with Gasteiger partial charge in [0.1, 0.15) is 6.54 Å². The lowest BCUT2D eigenvalue weighted by Crippen LogP contribution is -2.32. The first-order valence-corrected chi connectivity index (χ1v) is 14.1. The average Bonchev–Trinajstić information content (AvgIpc) is 3.47. The molecule has 40 heavy (non-hydrogen) atoms. The van der Waals surface area contributed by atoms with Crippen LogP contribution in [0.1, 0.15) is 38.8 Å². The molecule has 0 aromatic heterocycles. The van der Waals surface area contributed by atoms with Crippen LogP contribution in [0.25, 0.3) is 21.9 Å². The summed E-state index contributed by atoms with van der Waals surface area (Å²) in [5.74, 6) is 0.924. The van der Waals surface area contributed by atoms with Crippen LogP contribution in [-0.4, -0.2) is 31.3 Å². The van der Waals surface area contributed by atoms with Crippen molar-refractivity contribution >= 4 is 33.8 Å². The summed E-state index contributed by atoms with van der Waals surface area (Å²) < 4.78 is 0.